The van der Waals surface area contributed by atoms with Crippen molar-refractivity contribution in [1.82, 2.24) is 4.98 Å². The van der Waals surface area contributed by atoms with Crippen LogP contribution in [0.5, 0.6) is 5.75 Å². The summed E-state index contributed by atoms with van der Waals surface area (Å²) in [6, 6.07) is 17.5. The Bertz CT molecular complexity index is 1010. The van der Waals surface area contributed by atoms with E-state index in [1.165, 1.54) is 18.2 Å². The van der Waals surface area contributed by atoms with Crippen LogP contribution in [0.25, 0.3) is 0 Å². The molecule has 0 saturated carbocycles. The molecule has 3 heterocycles. The van der Waals surface area contributed by atoms with Gasteiger partial charge in [0.15, 0.2) is 0 Å². The predicted octanol–water partition coefficient (Wildman–Crippen LogP) is 4.05. The highest BCUT2D eigenvalue weighted by Gasteiger charge is 2.48. The summed E-state index contributed by atoms with van der Waals surface area (Å²) in [6.45, 7) is 0. The zero-order chi connectivity index (χ0) is 17.7. The minimum Gasteiger partial charge on any atom is -0.426 e. The molecular formula is C21H15FN2O2. The number of carbonyl (C=O) groups excluding carboxylic acids is 1. The van der Waals surface area contributed by atoms with Crippen molar-refractivity contribution < 1.29 is 13.9 Å². The second-order valence-electron chi connectivity index (χ2n) is 6.58. The van der Waals surface area contributed by atoms with Crippen LogP contribution in [0.2, 0.25) is 0 Å². The average Bonchev–Trinajstić information content (AvgIpc) is 2.68. The lowest BCUT2D eigenvalue weighted by atomic mass is 9.73. The summed E-state index contributed by atoms with van der Waals surface area (Å²) >= 11 is 0. The van der Waals surface area contributed by atoms with Gasteiger partial charge < -0.3 is 10.1 Å². The SMILES string of the molecule is O=C1Oc2ccc(F)cc2[C@H]2Nc3cccnc3[C@@H](c3ccccc3)[C@H]12. The number of hydrogen-bond donors (Lipinski definition) is 1. The second-order valence-corrected chi connectivity index (χ2v) is 6.58. The number of nitrogens with one attached hydrogen (secondary N) is 1. The van der Waals surface area contributed by atoms with E-state index in [-0.39, 0.29) is 23.7 Å². The zero-order valence-electron chi connectivity index (χ0n) is 13.7. The smallest absolute Gasteiger partial charge is 0.317 e. The quantitative estimate of drug-likeness (QED) is 0.533. The maximum absolute atomic E-state index is 13.9. The third kappa shape index (κ3) is 2.20. The van der Waals surface area contributed by atoms with Gasteiger partial charge >= 0.3 is 5.97 Å². The van der Waals surface area contributed by atoms with Crippen LogP contribution in [0.4, 0.5) is 10.1 Å². The van der Waals surface area contributed by atoms with Gasteiger partial charge in [0.2, 0.25) is 0 Å². The number of halogens is 1. The van der Waals surface area contributed by atoms with E-state index in [2.05, 4.69) is 10.3 Å². The minimum absolute atomic E-state index is 0.262. The van der Waals surface area contributed by atoms with Crippen LogP contribution < -0.4 is 10.1 Å². The summed E-state index contributed by atoms with van der Waals surface area (Å²) in [5.74, 6) is -1.05. The van der Waals surface area contributed by atoms with Crippen LogP contribution >= 0.6 is 0 Å². The van der Waals surface area contributed by atoms with Crippen LogP contribution in [0.15, 0.2) is 66.9 Å². The van der Waals surface area contributed by atoms with E-state index in [0.29, 0.717) is 11.3 Å². The Morgan fingerprint density at radius 1 is 1.04 bits per heavy atom. The molecule has 0 bridgehead atoms. The Labute approximate surface area is 149 Å². The van der Waals surface area contributed by atoms with Gasteiger partial charge in [-0.15, -0.1) is 0 Å². The molecule has 0 radical (unpaired) electrons. The van der Waals surface area contributed by atoms with E-state index in [9.17, 15) is 9.18 Å². The molecule has 2 aromatic carbocycles. The summed E-state index contributed by atoms with van der Waals surface area (Å²) in [4.78, 5) is 17.4. The summed E-state index contributed by atoms with van der Waals surface area (Å²) in [7, 11) is 0. The topological polar surface area (TPSA) is 51.2 Å². The van der Waals surface area contributed by atoms with Crippen molar-refractivity contribution in [2.75, 3.05) is 5.32 Å². The van der Waals surface area contributed by atoms with Crippen LogP contribution in [0.3, 0.4) is 0 Å². The second kappa shape index (κ2) is 5.66. The molecule has 128 valence electrons. The molecule has 2 aliphatic rings. The molecule has 0 aliphatic carbocycles. The van der Waals surface area contributed by atoms with Crippen LogP contribution in [-0.2, 0) is 4.79 Å². The van der Waals surface area contributed by atoms with Gasteiger partial charge in [-0.1, -0.05) is 30.3 Å². The van der Waals surface area contributed by atoms with Crippen molar-refractivity contribution in [3.63, 3.8) is 0 Å². The van der Waals surface area contributed by atoms with Gasteiger partial charge in [-0.2, -0.15) is 0 Å². The Morgan fingerprint density at radius 3 is 2.73 bits per heavy atom. The molecule has 0 fully saturated rings. The van der Waals surface area contributed by atoms with Crippen LogP contribution in [0.1, 0.15) is 28.8 Å². The lowest BCUT2D eigenvalue weighted by molar-refractivity contribution is -0.141. The first-order valence-electron chi connectivity index (χ1n) is 8.50. The summed E-state index contributed by atoms with van der Waals surface area (Å²) < 4.78 is 19.4. The summed E-state index contributed by atoms with van der Waals surface area (Å²) in [5.41, 5.74) is 3.30. The minimum atomic E-state index is -0.519. The zero-order valence-corrected chi connectivity index (χ0v) is 13.7. The van der Waals surface area contributed by atoms with E-state index >= 15 is 0 Å². The van der Waals surface area contributed by atoms with Gasteiger partial charge in [0.1, 0.15) is 11.6 Å². The summed E-state index contributed by atoms with van der Waals surface area (Å²) in [6.07, 6.45) is 1.72. The molecule has 4 nitrogen and oxygen atoms in total. The lowest BCUT2D eigenvalue weighted by Gasteiger charge is -2.41. The number of hydrogen-bond acceptors (Lipinski definition) is 4. The molecule has 0 unspecified atom stereocenters. The molecule has 26 heavy (non-hydrogen) atoms. The number of pyridine rings is 1. The van der Waals surface area contributed by atoms with Crippen LogP contribution in [-0.4, -0.2) is 11.0 Å². The van der Waals surface area contributed by atoms with Gasteiger partial charge in [-0.25, -0.2) is 4.39 Å². The first-order valence-corrected chi connectivity index (χ1v) is 8.50. The number of rotatable bonds is 1. The fourth-order valence-electron chi connectivity index (χ4n) is 4.01. The molecule has 5 heteroatoms. The van der Waals surface area contributed by atoms with E-state index < -0.39 is 5.92 Å². The molecule has 0 amide bonds. The fourth-order valence-corrected chi connectivity index (χ4v) is 4.01. The van der Waals surface area contributed by atoms with Crippen molar-refractivity contribution in [1.29, 1.82) is 0 Å². The number of nitrogens with zero attached hydrogens (tertiary/aromatic N) is 1. The van der Waals surface area contributed by atoms with Crippen molar-refractivity contribution >= 4 is 11.7 Å². The Balaban J connectivity index is 1.74. The van der Waals surface area contributed by atoms with Gasteiger partial charge in [0.05, 0.1) is 23.3 Å². The molecule has 1 N–H and O–H groups in total. The molecule has 0 spiro atoms. The highest BCUT2D eigenvalue weighted by molar-refractivity contribution is 5.83. The average molecular weight is 346 g/mol. The molecule has 2 aliphatic heterocycles. The number of benzene rings is 2. The van der Waals surface area contributed by atoms with Gasteiger partial charge in [-0.3, -0.25) is 9.78 Å². The Kier molecular flexibility index (Phi) is 3.28. The fraction of sp³-hybridized carbons (Fsp3) is 0.143. The van der Waals surface area contributed by atoms with Crippen LogP contribution in [0, 0.1) is 11.7 Å². The highest BCUT2D eigenvalue weighted by atomic mass is 19.1. The molecule has 5 rings (SSSR count). The normalized spacial score (nSPS) is 23.1. The number of aromatic nitrogens is 1. The number of fused-ring (bicyclic) bond motifs is 4. The Hall–Kier alpha value is -3.21. The van der Waals surface area contributed by atoms with Gasteiger partial charge in [0, 0.05) is 17.7 Å². The number of ether oxygens (including phenoxy) is 1. The first kappa shape index (κ1) is 15.1. The van der Waals surface area contributed by atoms with Gasteiger partial charge in [0.25, 0.3) is 0 Å². The predicted molar refractivity (Wildman–Crippen MR) is 94.4 cm³/mol. The van der Waals surface area contributed by atoms with E-state index in [1.54, 1.807) is 6.20 Å². The van der Waals surface area contributed by atoms with E-state index in [4.69, 9.17) is 4.74 Å². The monoisotopic (exact) mass is 346 g/mol. The molecule has 1 aromatic heterocycles. The van der Waals surface area contributed by atoms with Gasteiger partial charge in [-0.05, 0) is 35.9 Å². The molecule has 3 aromatic rings. The first-order chi connectivity index (χ1) is 12.7. The number of carbonyl (C=O) groups is 1. The third-order valence-corrected chi connectivity index (χ3v) is 5.11. The standard InChI is InChI=1S/C21H15FN2O2/c22-13-8-9-16-14(11-13)19-18(21(25)26-16)17(12-5-2-1-3-6-12)20-15(24-19)7-4-10-23-20/h1-11,17-19,24H/t17-,18-,19+/m0/s1. The van der Waals surface area contributed by atoms with E-state index in [1.807, 2.05) is 42.5 Å². The van der Waals surface area contributed by atoms with Crippen molar-refractivity contribution in [2.24, 2.45) is 5.92 Å². The lowest BCUT2D eigenvalue weighted by Crippen LogP contribution is -2.43. The van der Waals surface area contributed by atoms with Crippen molar-refractivity contribution in [2.45, 2.75) is 12.0 Å². The van der Waals surface area contributed by atoms with Crippen molar-refractivity contribution in [3.05, 3.63) is 89.5 Å². The maximum atomic E-state index is 13.9. The molecule has 3 atom stereocenters. The maximum Gasteiger partial charge on any atom is 0.317 e. The van der Waals surface area contributed by atoms with E-state index in [0.717, 1.165) is 16.9 Å². The third-order valence-electron chi connectivity index (χ3n) is 5.11. The molecule has 0 saturated heterocycles. The molecular weight excluding hydrogens is 331 g/mol. The van der Waals surface area contributed by atoms with Crippen molar-refractivity contribution in [3.8, 4) is 5.75 Å². The Morgan fingerprint density at radius 2 is 1.88 bits per heavy atom. The largest absolute Gasteiger partial charge is 0.426 e. The number of esters is 1. The number of anilines is 1. The summed E-state index contributed by atoms with van der Waals surface area (Å²) in [5, 5.41) is 3.38. The highest BCUT2D eigenvalue weighted by Crippen LogP contribution is 2.51.